The van der Waals surface area contributed by atoms with E-state index in [9.17, 15) is 4.79 Å². The second-order valence-electron chi connectivity index (χ2n) is 5.48. The molecule has 0 fully saturated rings. The number of nitrogens with one attached hydrogen (secondary N) is 2. The van der Waals surface area contributed by atoms with Crippen LogP contribution in [0.4, 0.5) is 5.69 Å². The number of aromatic nitrogens is 1. The smallest absolute Gasteiger partial charge is 0.252 e. The molecule has 0 bridgehead atoms. The van der Waals surface area contributed by atoms with Crippen LogP contribution in [-0.2, 0) is 11.2 Å². The third kappa shape index (κ3) is 6.53. The van der Waals surface area contributed by atoms with Crippen LogP contribution < -0.4 is 10.6 Å². The van der Waals surface area contributed by atoms with Crippen LogP contribution in [0.5, 0.6) is 0 Å². The first kappa shape index (κ1) is 19.5. The summed E-state index contributed by atoms with van der Waals surface area (Å²) in [6.45, 7) is 1.86. The van der Waals surface area contributed by atoms with Gasteiger partial charge in [0, 0.05) is 49.2 Å². The standard InChI is InChI=1S/C18H21Cl2N3O2/c1-25-8-2-6-23-18(24)14-9-16(12-21-11-14)22-7-5-13-3-4-15(19)10-17(13)20/h3-4,9-12,22H,2,5-8H2,1H3,(H,23,24). The molecular weight excluding hydrogens is 361 g/mol. The number of nitrogens with zero attached hydrogens (tertiary/aromatic N) is 1. The topological polar surface area (TPSA) is 63.2 Å². The van der Waals surface area contributed by atoms with Crippen molar-refractivity contribution in [3.8, 4) is 0 Å². The second kappa shape index (κ2) is 10.2. The summed E-state index contributed by atoms with van der Waals surface area (Å²) in [5, 5.41) is 7.36. The van der Waals surface area contributed by atoms with Crippen LogP contribution in [0.15, 0.2) is 36.7 Å². The monoisotopic (exact) mass is 381 g/mol. The predicted molar refractivity (Wildman–Crippen MR) is 102 cm³/mol. The van der Waals surface area contributed by atoms with E-state index in [1.807, 2.05) is 12.1 Å². The molecule has 0 aliphatic carbocycles. The zero-order valence-corrected chi connectivity index (χ0v) is 15.5. The number of halogens is 2. The third-order valence-electron chi connectivity index (χ3n) is 3.55. The lowest BCUT2D eigenvalue weighted by Crippen LogP contribution is -2.25. The summed E-state index contributed by atoms with van der Waals surface area (Å²) in [5.41, 5.74) is 2.32. The highest BCUT2D eigenvalue weighted by atomic mass is 35.5. The Hall–Kier alpha value is -1.82. The molecule has 1 aromatic heterocycles. The molecular formula is C18H21Cl2N3O2. The zero-order chi connectivity index (χ0) is 18.1. The molecule has 0 atom stereocenters. The van der Waals surface area contributed by atoms with Gasteiger partial charge >= 0.3 is 0 Å². The average Bonchev–Trinajstić information content (AvgIpc) is 2.61. The molecule has 5 nitrogen and oxygen atoms in total. The van der Waals surface area contributed by atoms with Gasteiger partial charge in [-0.15, -0.1) is 0 Å². The number of carbonyl (C=O) groups excluding carboxylic acids is 1. The van der Waals surface area contributed by atoms with Crippen molar-refractivity contribution in [3.05, 3.63) is 57.8 Å². The Morgan fingerprint density at radius 3 is 2.80 bits per heavy atom. The van der Waals surface area contributed by atoms with Crippen molar-refractivity contribution >= 4 is 34.8 Å². The Morgan fingerprint density at radius 2 is 2.04 bits per heavy atom. The molecule has 25 heavy (non-hydrogen) atoms. The fraction of sp³-hybridized carbons (Fsp3) is 0.333. The largest absolute Gasteiger partial charge is 0.385 e. The second-order valence-corrected chi connectivity index (χ2v) is 6.32. The maximum Gasteiger partial charge on any atom is 0.252 e. The number of hydrogen-bond donors (Lipinski definition) is 2. The van der Waals surface area contributed by atoms with Gasteiger partial charge in [0.25, 0.3) is 5.91 Å². The first-order chi connectivity index (χ1) is 12.1. The zero-order valence-electron chi connectivity index (χ0n) is 14.0. The summed E-state index contributed by atoms with van der Waals surface area (Å²) >= 11 is 12.1. The van der Waals surface area contributed by atoms with Crippen molar-refractivity contribution in [1.82, 2.24) is 10.3 Å². The summed E-state index contributed by atoms with van der Waals surface area (Å²) in [6.07, 6.45) is 4.75. The van der Waals surface area contributed by atoms with E-state index in [-0.39, 0.29) is 5.91 Å². The molecule has 0 aliphatic rings. The normalized spacial score (nSPS) is 10.5. The number of pyridine rings is 1. The molecule has 1 heterocycles. The van der Waals surface area contributed by atoms with Crippen molar-refractivity contribution < 1.29 is 9.53 Å². The fourth-order valence-electron chi connectivity index (χ4n) is 2.25. The number of benzene rings is 1. The summed E-state index contributed by atoms with van der Waals surface area (Å²) in [6, 6.07) is 7.24. The molecule has 134 valence electrons. The number of carbonyl (C=O) groups is 1. The van der Waals surface area contributed by atoms with Crippen LogP contribution in [0.25, 0.3) is 0 Å². The molecule has 0 aliphatic heterocycles. The van der Waals surface area contributed by atoms with Gasteiger partial charge in [0.05, 0.1) is 11.3 Å². The van der Waals surface area contributed by atoms with Crippen LogP contribution in [0.3, 0.4) is 0 Å². The Morgan fingerprint density at radius 1 is 1.20 bits per heavy atom. The highest BCUT2D eigenvalue weighted by Gasteiger charge is 2.07. The Bertz CT molecular complexity index is 710. The molecule has 0 saturated heterocycles. The maximum absolute atomic E-state index is 12.1. The molecule has 1 aromatic carbocycles. The van der Waals surface area contributed by atoms with E-state index in [0.717, 1.165) is 24.1 Å². The highest BCUT2D eigenvalue weighted by Crippen LogP contribution is 2.21. The van der Waals surface area contributed by atoms with E-state index in [4.69, 9.17) is 27.9 Å². The third-order valence-corrected chi connectivity index (χ3v) is 4.14. The number of ether oxygens (including phenoxy) is 1. The van der Waals surface area contributed by atoms with Gasteiger partial charge in [-0.1, -0.05) is 29.3 Å². The lowest BCUT2D eigenvalue weighted by molar-refractivity contribution is 0.0948. The van der Waals surface area contributed by atoms with Gasteiger partial charge in [-0.2, -0.15) is 0 Å². The molecule has 2 rings (SSSR count). The lowest BCUT2D eigenvalue weighted by Gasteiger charge is -2.09. The number of hydrogen-bond acceptors (Lipinski definition) is 4. The van der Waals surface area contributed by atoms with Crippen molar-refractivity contribution in [2.45, 2.75) is 12.8 Å². The SMILES string of the molecule is COCCCNC(=O)c1cncc(NCCc2ccc(Cl)cc2Cl)c1. The van der Waals surface area contributed by atoms with Crippen LogP contribution in [-0.4, -0.2) is 37.7 Å². The average molecular weight is 382 g/mol. The van der Waals surface area contributed by atoms with E-state index in [0.29, 0.717) is 35.3 Å². The Labute approximate surface area is 157 Å². The van der Waals surface area contributed by atoms with E-state index >= 15 is 0 Å². The van der Waals surface area contributed by atoms with Gasteiger partial charge in [-0.05, 0) is 36.6 Å². The van der Waals surface area contributed by atoms with E-state index in [1.54, 1.807) is 31.6 Å². The first-order valence-electron chi connectivity index (χ1n) is 8.00. The number of anilines is 1. The first-order valence-corrected chi connectivity index (χ1v) is 8.75. The minimum absolute atomic E-state index is 0.145. The van der Waals surface area contributed by atoms with E-state index < -0.39 is 0 Å². The molecule has 0 unspecified atom stereocenters. The molecule has 0 radical (unpaired) electrons. The van der Waals surface area contributed by atoms with Gasteiger partial charge in [-0.3, -0.25) is 9.78 Å². The summed E-state index contributed by atoms with van der Waals surface area (Å²) < 4.78 is 4.95. The van der Waals surface area contributed by atoms with Gasteiger partial charge < -0.3 is 15.4 Å². The van der Waals surface area contributed by atoms with Gasteiger partial charge in [0.1, 0.15) is 0 Å². The molecule has 0 spiro atoms. The van der Waals surface area contributed by atoms with Crippen molar-refractivity contribution in [2.24, 2.45) is 0 Å². The summed E-state index contributed by atoms with van der Waals surface area (Å²) in [7, 11) is 1.64. The molecule has 2 aromatic rings. The number of rotatable bonds is 9. The lowest BCUT2D eigenvalue weighted by atomic mass is 10.1. The Balaban J connectivity index is 1.85. The van der Waals surface area contributed by atoms with Crippen molar-refractivity contribution in [1.29, 1.82) is 0 Å². The number of methoxy groups -OCH3 is 1. The summed E-state index contributed by atoms with van der Waals surface area (Å²) in [4.78, 5) is 16.2. The fourth-order valence-corrected chi connectivity index (χ4v) is 2.75. The minimum atomic E-state index is -0.145. The van der Waals surface area contributed by atoms with Crippen LogP contribution >= 0.6 is 23.2 Å². The molecule has 1 amide bonds. The van der Waals surface area contributed by atoms with Crippen molar-refractivity contribution in [2.75, 3.05) is 32.1 Å². The molecule has 0 saturated carbocycles. The number of amides is 1. The predicted octanol–water partition coefficient (Wildman–Crippen LogP) is 3.81. The van der Waals surface area contributed by atoms with Gasteiger partial charge in [-0.25, -0.2) is 0 Å². The summed E-state index contributed by atoms with van der Waals surface area (Å²) in [5.74, 6) is -0.145. The van der Waals surface area contributed by atoms with Gasteiger partial charge in [0.2, 0.25) is 0 Å². The van der Waals surface area contributed by atoms with Crippen LogP contribution in [0.1, 0.15) is 22.3 Å². The molecule has 2 N–H and O–H groups in total. The van der Waals surface area contributed by atoms with E-state index in [1.165, 1.54) is 0 Å². The Kier molecular flexibility index (Phi) is 7.98. The van der Waals surface area contributed by atoms with Crippen LogP contribution in [0.2, 0.25) is 10.0 Å². The van der Waals surface area contributed by atoms with E-state index in [2.05, 4.69) is 15.6 Å². The quantitative estimate of drug-likeness (QED) is 0.648. The molecule has 7 heteroatoms. The van der Waals surface area contributed by atoms with Crippen LogP contribution in [0, 0.1) is 0 Å². The van der Waals surface area contributed by atoms with Crippen molar-refractivity contribution in [3.63, 3.8) is 0 Å². The highest BCUT2D eigenvalue weighted by molar-refractivity contribution is 6.35. The maximum atomic E-state index is 12.1. The minimum Gasteiger partial charge on any atom is -0.385 e. The van der Waals surface area contributed by atoms with Gasteiger partial charge in [0.15, 0.2) is 0 Å².